The van der Waals surface area contributed by atoms with E-state index >= 15 is 0 Å². The minimum atomic E-state index is -0.123. The van der Waals surface area contributed by atoms with Crippen molar-refractivity contribution in [2.75, 3.05) is 0 Å². The number of benzene rings is 8. The van der Waals surface area contributed by atoms with E-state index in [4.69, 9.17) is 23.9 Å². The van der Waals surface area contributed by atoms with E-state index in [0.717, 1.165) is 83.8 Å². The normalized spacial score (nSPS) is 13.2. The molecule has 2 aliphatic rings. The van der Waals surface area contributed by atoms with E-state index in [2.05, 4.69) is 159 Å². The first-order chi connectivity index (χ1) is 29.4. The lowest BCUT2D eigenvalue weighted by molar-refractivity contribution is 0.359. The molecule has 5 nitrogen and oxygen atoms in total. The topological polar surface area (TPSA) is 57.4 Å². The smallest absolute Gasteiger partial charge is 0.170 e. The minimum Gasteiger partial charge on any atom is -0.455 e. The van der Waals surface area contributed by atoms with Crippen molar-refractivity contribution in [1.82, 2.24) is 9.97 Å². The molecule has 1 aliphatic carbocycles. The van der Waals surface area contributed by atoms with Gasteiger partial charge in [0.2, 0.25) is 0 Å². The van der Waals surface area contributed by atoms with Crippen molar-refractivity contribution in [2.24, 2.45) is 0 Å². The van der Waals surface area contributed by atoms with E-state index < -0.39 is 0 Å². The Balaban J connectivity index is 0.890. The van der Waals surface area contributed by atoms with Gasteiger partial charge in [0.25, 0.3) is 0 Å². The Labute approximate surface area is 347 Å². The van der Waals surface area contributed by atoms with E-state index in [9.17, 15) is 0 Å². The van der Waals surface area contributed by atoms with Crippen molar-refractivity contribution in [3.63, 3.8) is 0 Å². The van der Waals surface area contributed by atoms with Crippen LogP contribution in [0.3, 0.4) is 0 Å². The van der Waals surface area contributed by atoms with Crippen molar-refractivity contribution < 1.29 is 13.9 Å². The molecule has 0 saturated carbocycles. The summed E-state index contributed by atoms with van der Waals surface area (Å²) in [5.74, 6) is 3.48. The summed E-state index contributed by atoms with van der Waals surface area (Å²) in [6.07, 6.45) is 0. The Kier molecular flexibility index (Phi) is 7.51. The summed E-state index contributed by atoms with van der Waals surface area (Å²) >= 11 is 0. The molecule has 0 saturated heterocycles. The third-order valence-corrected chi connectivity index (χ3v) is 12.2. The van der Waals surface area contributed by atoms with Crippen LogP contribution in [0.5, 0.6) is 23.0 Å². The zero-order chi connectivity index (χ0) is 40.0. The van der Waals surface area contributed by atoms with Crippen LogP contribution >= 0.6 is 0 Å². The molecule has 0 amide bonds. The highest BCUT2D eigenvalue weighted by Gasteiger charge is 2.37. The van der Waals surface area contributed by atoms with Crippen molar-refractivity contribution in [1.29, 1.82) is 0 Å². The molecule has 60 heavy (non-hydrogen) atoms. The van der Waals surface area contributed by atoms with Crippen LogP contribution in [0.25, 0.3) is 89.2 Å². The minimum absolute atomic E-state index is 0.123. The van der Waals surface area contributed by atoms with Crippen LogP contribution < -0.4 is 9.47 Å². The number of fused-ring (bicyclic) bond motifs is 8. The van der Waals surface area contributed by atoms with Gasteiger partial charge in [-0.1, -0.05) is 153 Å². The van der Waals surface area contributed by atoms with Crippen LogP contribution in [0.2, 0.25) is 0 Å². The van der Waals surface area contributed by atoms with Gasteiger partial charge in [0.15, 0.2) is 28.8 Å². The summed E-state index contributed by atoms with van der Waals surface area (Å²) < 4.78 is 19.5. The molecule has 8 aromatic carbocycles. The lowest BCUT2D eigenvalue weighted by Crippen LogP contribution is -2.15. The fraction of sp³-hybridized carbons (Fsp3) is 0.0545. The molecule has 284 valence electrons. The largest absolute Gasteiger partial charge is 0.455 e. The molecule has 5 heteroatoms. The summed E-state index contributed by atoms with van der Waals surface area (Å²) in [7, 11) is 0. The predicted octanol–water partition coefficient (Wildman–Crippen LogP) is 14.9. The van der Waals surface area contributed by atoms with Gasteiger partial charge in [-0.05, 0) is 81.4 Å². The molecular formula is C55H36N2O3. The average Bonchev–Trinajstić information content (AvgIpc) is 3.79. The highest BCUT2D eigenvalue weighted by Crippen LogP contribution is 2.55. The van der Waals surface area contributed by atoms with Gasteiger partial charge in [-0.25, -0.2) is 9.97 Å². The molecule has 0 fully saturated rings. The lowest BCUT2D eigenvalue weighted by Gasteiger charge is -2.25. The number of hydrogen-bond donors (Lipinski definition) is 0. The van der Waals surface area contributed by atoms with Gasteiger partial charge >= 0.3 is 0 Å². The molecule has 0 unspecified atom stereocenters. The van der Waals surface area contributed by atoms with Gasteiger partial charge in [-0.15, -0.1) is 0 Å². The number of furan rings is 1. The molecular weight excluding hydrogens is 737 g/mol. The standard InChI is InChI=1S/C55H36N2O3/c1-55(2)44-20-8-6-16-40(44)43-30-51-52(31-45(43)55)58-49-27-26-37(29-50(49)59-51)36-14-10-15-38(28-36)54-56-46(34-12-4-3-5-13-34)32-47(57-54)35-24-22-33(23-25-35)39-18-11-19-42-41-17-7-9-21-48(41)60-53(39)42/h3-32H,1-2H3. The van der Waals surface area contributed by atoms with Crippen molar-refractivity contribution in [2.45, 2.75) is 19.3 Å². The fourth-order valence-electron chi connectivity index (χ4n) is 9.07. The summed E-state index contributed by atoms with van der Waals surface area (Å²) in [5, 5.41) is 2.23. The molecule has 1 aliphatic heterocycles. The second-order valence-corrected chi connectivity index (χ2v) is 16.1. The summed E-state index contributed by atoms with van der Waals surface area (Å²) in [6.45, 7) is 4.55. The molecule has 0 atom stereocenters. The maximum absolute atomic E-state index is 6.61. The van der Waals surface area contributed by atoms with E-state index in [0.29, 0.717) is 17.3 Å². The van der Waals surface area contributed by atoms with Crippen LogP contribution in [-0.2, 0) is 5.41 Å². The van der Waals surface area contributed by atoms with E-state index in [1.807, 2.05) is 36.4 Å². The van der Waals surface area contributed by atoms with Crippen LogP contribution in [-0.4, -0.2) is 9.97 Å². The van der Waals surface area contributed by atoms with Gasteiger partial charge in [-0.2, -0.15) is 0 Å². The Morgan fingerprint density at radius 2 is 0.983 bits per heavy atom. The van der Waals surface area contributed by atoms with E-state index in [1.54, 1.807) is 0 Å². The lowest BCUT2D eigenvalue weighted by atomic mass is 9.82. The van der Waals surface area contributed by atoms with Crippen LogP contribution in [0.4, 0.5) is 0 Å². The van der Waals surface area contributed by atoms with Gasteiger partial charge in [0.1, 0.15) is 11.2 Å². The second-order valence-electron chi connectivity index (χ2n) is 16.1. The highest BCUT2D eigenvalue weighted by atomic mass is 16.6. The van der Waals surface area contributed by atoms with E-state index in [1.165, 1.54) is 22.3 Å². The molecule has 12 rings (SSSR count). The number of hydrogen-bond acceptors (Lipinski definition) is 5. The predicted molar refractivity (Wildman–Crippen MR) is 241 cm³/mol. The summed E-state index contributed by atoms with van der Waals surface area (Å²) in [5.41, 5.74) is 15.5. The van der Waals surface area contributed by atoms with Crippen molar-refractivity contribution in [3.8, 4) is 90.3 Å². The average molecular weight is 773 g/mol. The van der Waals surface area contributed by atoms with Gasteiger partial charge in [-0.3, -0.25) is 0 Å². The summed E-state index contributed by atoms with van der Waals surface area (Å²) in [6, 6.07) is 62.9. The van der Waals surface area contributed by atoms with Crippen molar-refractivity contribution >= 4 is 21.9 Å². The Morgan fingerprint density at radius 3 is 1.85 bits per heavy atom. The zero-order valence-electron chi connectivity index (χ0n) is 32.9. The van der Waals surface area contributed by atoms with Crippen molar-refractivity contribution in [3.05, 3.63) is 193 Å². The number of ether oxygens (including phenoxy) is 2. The van der Waals surface area contributed by atoms with Crippen LogP contribution in [0, 0.1) is 0 Å². The molecule has 0 radical (unpaired) electrons. The maximum Gasteiger partial charge on any atom is 0.170 e. The molecule has 0 spiro atoms. The Bertz CT molecular complexity index is 3350. The SMILES string of the molecule is CC1(C)c2ccccc2-c2cc3c(cc21)Oc1ccc(-c2cccc(-c4nc(-c5ccccc5)cc(-c5ccc(-c6cccc7c6oc6ccccc67)cc5)n4)c2)cc1O3. The first-order valence-electron chi connectivity index (χ1n) is 20.3. The molecule has 0 N–H and O–H groups in total. The molecule has 0 bridgehead atoms. The van der Waals surface area contributed by atoms with Crippen LogP contribution in [0.15, 0.2) is 186 Å². The molecule has 2 aromatic heterocycles. The first kappa shape index (κ1) is 34.3. The third kappa shape index (κ3) is 5.47. The first-order valence-corrected chi connectivity index (χ1v) is 20.3. The van der Waals surface area contributed by atoms with E-state index in [-0.39, 0.29) is 5.41 Å². The van der Waals surface area contributed by atoms with Gasteiger partial charge in [0, 0.05) is 38.4 Å². The Hall–Kier alpha value is -7.76. The monoisotopic (exact) mass is 772 g/mol. The fourth-order valence-corrected chi connectivity index (χ4v) is 9.07. The maximum atomic E-state index is 6.61. The zero-order valence-corrected chi connectivity index (χ0v) is 32.9. The van der Waals surface area contributed by atoms with Crippen LogP contribution in [0.1, 0.15) is 25.0 Å². The molecule has 3 heterocycles. The number of rotatable bonds is 5. The third-order valence-electron chi connectivity index (χ3n) is 12.2. The van der Waals surface area contributed by atoms with Gasteiger partial charge in [0.05, 0.1) is 11.4 Å². The molecule has 10 aromatic rings. The number of aromatic nitrogens is 2. The van der Waals surface area contributed by atoms with Gasteiger partial charge < -0.3 is 13.9 Å². The second kappa shape index (κ2) is 13.1. The highest BCUT2D eigenvalue weighted by molar-refractivity contribution is 6.09. The summed E-state index contributed by atoms with van der Waals surface area (Å²) in [4.78, 5) is 10.3. The quantitative estimate of drug-likeness (QED) is 0.174. The number of nitrogens with zero attached hydrogens (tertiary/aromatic N) is 2. The number of para-hydroxylation sites is 2. The Morgan fingerprint density at radius 1 is 0.383 bits per heavy atom.